The Hall–Kier alpha value is -2.86. The normalized spacial score (nSPS) is 11.9. The van der Waals surface area contributed by atoms with E-state index in [9.17, 15) is 10.5 Å². The molecule has 0 aliphatic heterocycles. The van der Waals surface area contributed by atoms with E-state index >= 15 is 0 Å². The zero-order valence-corrected chi connectivity index (χ0v) is 13.5. The number of nitriles is 2. The number of hydrogen-bond donors (Lipinski definition) is 0. The first-order valence-corrected chi connectivity index (χ1v) is 8.47. The third kappa shape index (κ3) is 3.49. The van der Waals surface area contributed by atoms with Gasteiger partial charge in [0.05, 0.1) is 11.1 Å². The molecular formula is C18H10N2OS2. The third-order valence-corrected chi connectivity index (χ3v) is 4.84. The lowest BCUT2D eigenvalue weighted by Crippen LogP contribution is -1.75. The van der Waals surface area contributed by atoms with Crippen molar-refractivity contribution in [1.29, 1.82) is 10.5 Å². The summed E-state index contributed by atoms with van der Waals surface area (Å²) in [6, 6.07) is 15.6. The van der Waals surface area contributed by atoms with Gasteiger partial charge in [0.25, 0.3) is 0 Å². The summed E-state index contributed by atoms with van der Waals surface area (Å²) < 4.78 is 5.70. The molecule has 0 atom stereocenters. The molecule has 110 valence electrons. The van der Waals surface area contributed by atoms with E-state index in [2.05, 4.69) is 12.1 Å². The minimum absolute atomic E-state index is 0.559. The van der Waals surface area contributed by atoms with E-state index < -0.39 is 0 Å². The molecule has 0 aliphatic carbocycles. The summed E-state index contributed by atoms with van der Waals surface area (Å²) in [6.07, 6.45) is 3.42. The Morgan fingerprint density at radius 3 is 1.65 bits per heavy atom. The van der Waals surface area contributed by atoms with Gasteiger partial charge in [-0.3, -0.25) is 0 Å². The molecule has 0 spiro atoms. The highest BCUT2D eigenvalue weighted by molar-refractivity contribution is 7.11. The first-order chi connectivity index (χ1) is 11.3. The molecule has 0 radical (unpaired) electrons. The molecule has 23 heavy (non-hydrogen) atoms. The maximum Gasteiger partial charge on any atom is 0.128 e. The van der Waals surface area contributed by atoms with Crippen molar-refractivity contribution in [3.05, 3.63) is 68.4 Å². The van der Waals surface area contributed by atoms with Gasteiger partial charge in [-0.25, -0.2) is 0 Å². The molecule has 0 fully saturated rings. The Morgan fingerprint density at radius 1 is 0.826 bits per heavy atom. The monoisotopic (exact) mass is 334 g/mol. The largest absolute Gasteiger partial charge is 0.457 e. The van der Waals surface area contributed by atoms with Gasteiger partial charge in [0.15, 0.2) is 0 Å². The van der Waals surface area contributed by atoms with Gasteiger partial charge in [0.2, 0.25) is 0 Å². The molecule has 3 aromatic heterocycles. The van der Waals surface area contributed by atoms with Crippen molar-refractivity contribution in [3.8, 4) is 12.1 Å². The van der Waals surface area contributed by atoms with E-state index in [1.54, 1.807) is 24.3 Å². The molecular weight excluding hydrogens is 324 g/mol. The minimum atomic E-state index is 0.559. The Kier molecular flexibility index (Phi) is 4.54. The molecule has 0 aromatic carbocycles. The van der Waals surface area contributed by atoms with Crippen LogP contribution in [0.25, 0.3) is 23.3 Å². The standard InChI is InChI=1S/C18H10N2OS2/c19-11-13(17-3-1-7-22-17)9-15-5-6-16(21-15)10-14(12-20)18-4-2-8-23-18/h1-10H/b13-9+,14-10+. The van der Waals surface area contributed by atoms with Crippen LogP contribution in [-0.2, 0) is 0 Å². The molecule has 0 saturated heterocycles. The maximum atomic E-state index is 9.27. The van der Waals surface area contributed by atoms with Gasteiger partial charge < -0.3 is 4.42 Å². The summed E-state index contributed by atoms with van der Waals surface area (Å²) in [5, 5.41) is 22.4. The van der Waals surface area contributed by atoms with Gasteiger partial charge in [0, 0.05) is 9.75 Å². The number of furan rings is 1. The molecule has 0 N–H and O–H groups in total. The number of hydrogen-bond acceptors (Lipinski definition) is 5. The third-order valence-electron chi connectivity index (χ3n) is 3.03. The van der Waals surface area contributed by atoms with Gasteiger partial charge in [0.1, 0.15) is 23.7 Å². The minimum Gasteiger partial charge on any atom is -0.457 e. The highest BCUT2D eigenvalue weighted by Crippen LogP contribution is 2.25. The molecule has 3 heterocycles. The summed E-state index contributed by atoms with van der Waals surface area (Å²) in [6.45, 7) is 0. The average Bonchev–Trinajstić information content (AvgIpc) is 3.32. The fourth-order valence-electron chi connectivity index (χ4n) is 1.99. The number of rotatable bonds is 4. The molecule has 0 bridgehead atoms. The second-order valence-corrected chi connectivity index (χ2v) is 6.43. The molecule has 0 unspecified atom stereocenters. The molecule has 0 aliphatic rings. The van der Waals surface area contributed by atoms with Crippen molar-refractivity contribution >= 4 is 46.0 Å². The number of allylic oxidation sites excluding steroid dienone is 2. The Balaban J connectivity index is 1.89. The van der Waals surface area contributed by atoms with E-state index in [0.717, 1.165) is 9.75 Å². The predicted octanol–water partition coefficient (Wildman–Crippen LogP) is 5.53. The zero-order chi connectivity index (χ0) is 16.1. The summed E-state index contributed by atoms with van der Waals surface area (Å²) >= 11 is 3.02. The van der Waals surface area contributed by atoms with Crippen molar-refractivity contribution in [3.63, 3.8) is 0 Å². The molecule has 5 heteroatoms. The van der Waals surface area contributed by atoms with Crippen molar-refractivity contribution in [2.24, 2.45) is 0 Å². The quantitative estimate of drug-likeness (QED) is 0.589. The van der Waals surface area contributed by atoms with Crippen LogP contribution in [0.15, 0.2) is 51.6 Å². The molecule has 0 amide bonds. The highest BCUT2D eigenvalue weighted by atomic mass is 32.1. The first-order valence-electron chi connectivity index (χ1n) is 6.71. The Labute approximate surface area is 141 Å². The molecule has 3 aromatic rings. The fraction of sp³-hybridized carbons (Fsp3) is 0. The molecule has 3 rings (SSSR count). The summed E-state index contributed by atoms with van der Waals surface area (Å²) in [5.74, 6) is 1.18. The van der Waals surface area contributed by atoms with E-state index in [1.807, 2.05) is 35.0 Å². The second-order valence-electron chi connectivity index (χ2n) is 4.53. The van der Waals surface area contributed by atoms with Crippen LogP contribution < -0.4 is 0 Å². The van der Waals surface area contributed by atoms with Crippen molar-refractivity contribution in [2.45, 2.75) is 0 Å². The predicted molar refractivity (Wildman–Crippen MR) is 94.3 cm³/mol. The van der Waals surface area contributed by atoms with Crippen LogP contribution in [0.1, 0.15) is 21.3 Å². The second kappa shape index (κ2) is 6.93. The van der Waals surface area contributed by atoms with Crippen molar-refractivity contribution in [2.75, 3.05) is 0 Å². The lowest BCUT2D eigenvalue weighted by Gasteiger charge is -1.93. The Bertz CT molecular complexity index is 853. The van der Waals surface area contributed by atoms with Crippen LogP contribution in [-0.4, -0.2) is 0 Å². The topological polar surface area (TPSA) is 60.7 Å². The van der Waals surface area contributed by atoms with Crippen LogP contribution in [0.2, 0.25) is 0 Å². The SMILES string of the molecule is N#C/C(=C\c1ccc(/C=C(\C#N)c2cccs2)o1)c1cccs1. The van der Waals surface area contributed by atoms with Crippen LogP contribution in [0, 0.1) is 22.7 Å². The zero-order valence-electron chi connectivity index (χ0n) is 11.9. The number of thiophene rings is 2. The van der Waals surface area contributed by atoms with Gasteiger partial charge >= 0.3 is 0 Å². The summed E-state index contributed by atoms with van der Waals surface area (Å²) in [5.41, 5.74) is 1.12. The van der Waals surface area contributed by atoms with Crippen molar-refractivity contribution in [1.82, 2.24) is 0 Å². The van der Waals surface area contributed by atoms with Crippen LogP contribution in [0.3, 0.4) is 0 Å². The molecule has 3 nitrogen and oxygen atoms in total. The molecule has 0 saturated carbocycles. The van der Waals surface area contributed by atoms with Gasteiger partial charge in [-0.05, 0) is 47.2 Å². The smallest absolute Gasteiger partial charge is 0.128 e. The highest BCUT2D eigenvalue weighted by Gasteiger charge is 2.06. The van der Waals surface area contributed by atoms with E-state index in [1.165, 1.54) is 22.7 Å². The van der Waals surface area contributed by atoms with E-state index in [0.29, 0.717) is 22.7 Å². The summed E-state index contributed by atoms with van der Waals surface area (Å²) in [7, 11) is 0. The van der Waals surface area contributed by atoms with E-state index in [-0.39, 0.29) is 0 Å². The van der Waals surface area contributed by atoms with Crippen LogP contribution in [0.5, 0.6) is 0 Å². The van der Waals surface area contributed by atoms with E-state index in [4.69, 9.17) is 4.42 Å². The van der Waals surface area contributed by atoms with Gasteiger partial charge in [-0.2, -0.15) is 10.5 Å². The fourth-order valence-corrected chi connectivity index (χ4v) is 3.37. The maximum absolute atomic E-state index is 9.27. The van der Waals surface area contributed by atoms with Crippen molar-refractivity contribution < 1.29 is 4.42 Å². The summed E-state index contributed by atoms with van der Waals surface area (Å²) in [4.78, 5) is 1.80. The van der Waals surface area contributed by atoms with Crippen LogP contribution >= 0.6 is 22.7 Å². The first kappa shape index (κ1) is 15.1. The lowest BCUT2D eigenvalue weighted by atomic mass is 10.2. The van der Waals surface area contributed by atoms with Gasteiger partial charge in [-0.1, -0.05) is 12.1 Å². The number of nitrogens with zero attached hydrogens (tertiary/aromatic N) is 2. The van der Waals surface area contributed by atoms with Gasteiger partial charge in [-0.15, -0.1) is 22.7 Å². The lowest BCUT2D eigenvalue weighted by molar-refractivity contribution is 0.547. The average molecular weight is 334 g/mol. The Morgan fingerprint density at radius 2 is 1.30 bits per heavy atom. The van der Waals surface area contributed by atoms with Crippen LogP contribution in [0.4, 0.5) is 0 Å².